The fourth-order valence-corrected chi connectivity index (χ4v) is 6.70. The number of rotatable bonds is 10. The summed E-state index contributed by atoms with van der Waals surface area (Å²) in [5.74, 6) is -0.957. The Kier molecular flexibility index (Phi) is 7.61. The minimum atomic E-state index is -0.957. The molecule has 1 aliphatic rings. The summed E-state index contributed by atoms with van der Waals surface area (Å²) >= 11 is 6.62. The third kappa shape index (κ3) is 5.26. The zero-order chi connectivity index (χ0) is 31.0. The molecule has 1 atom stereocenters. The standard InChI is InChI=1S/C38H32ClN3O3/c39-32-17-10-18-34-35(32)42(37(45)41(34)30-23-24-30)31-21-19-26(20-22-31)25-33(36(43)44)40-38(27-11-4-1-5-12-27,28-13-6-2-7-14-28)29-15-8-3-9-16-29/h1-22,30,33,40H,23-25H2,(H,43,44). The third-order valence-corrected chi connectivity index (χ3v) is 9.01. The van der Waals surface area contributed by atoms with Crippen LogP contribution < -0.4 is 11.0 Å². The van der Waals surface area contributed by atoms with Gasteiger partial charge in [-0.3, -0.25) is 19.2 Å². The van der Waals surface area contributed by atoms with Crippen LogP contribution in [0, 0.1) is 0 Å². The maximum atomic E-state index is 13.6. The Morgan fingerprint density at radius 3 is 1.80 bits per heavy atom. The molecule has 1 unspecified atom stereocenters. The summed E-state index contributed by atoms with van der Waals surface area (Å²) in [6.07, 6.45) is 2.18. The van der Waals surface area contributed by atoms with Gasteiger partial charge in [-0.05, 0) is 65.8 Å². The van der Waals surface area contributed by atoms with Crippen LogP contribution in [0.3, 0.4) is 0 Å². The summed E-state index contributed by atoms with van der Waals surface area (Å²) in [7, 11) is 0. The van der Waals surface area contributed by atoms with Crippen molar-refractivity contribution in [3.8, 4) is 5.69 Å². The van der Waals surface area contributed by atoms with E-state index in [0.29, 0.717) is 16.2 Å². The van der Waals surface area contributed by atoms with Gasteiger partial charge in [0, 0.05) is 6.04 Å². The predicted molar refractivity (Wildman–Crippen MR) is 178 cm³/mol. The second-order valence-corrected chi connectivity index (χ2v) is 12.0. The first-order valence-electron chi connectivity index (χ1n) is 15.2. The van der Waals surface area contributed by atoms with E-state index in [1.807, 2.05) is 132 Å². The molecule has 1 heterocycles. The van der Waals surface area contributed by atoms with E-state index in [9.17, 15) is 14.7 Å². The van der Waals surface area contributed by atoms with Gasteiger partial charge >= 0.3 is 11.7 Å². The number of halogens is 1. The summed E-state index contributed by atoms with van der Waals surface area (Å²) in [5.41, 5.74) is 4.80. The number of benzene rings is 5. The fraction of sp³-hybridized carbons (Fsp3) is 0.158. The number of hydrogen-bond acceptors (Lipinski definition) is 3. The molecule has 1 aromatic heterocycles. The topological polar surface area (TPSA) is 76.3 Å². The predicted octanol–water partition coefficient (Wildman–Crippen LogP) is 7.36. The number of nitrogens with one attached hydrogen (secondary N) is 1. The van der Waals surface area contributed by atoms with Crippen LogP contribution in [0.4, 0.5) is 0 Å². The molecule has 5 aromatic carbocycles. The molecule has 1 saturated carbocycles. The van der Waals surface area contributed by atoms with Crippen molar-refractivity contribution in [2.45, 2.75) is 36.9 Å². The monoisotopic (exact) mass is 613 g/mol. The quantitative estimate of drug-likeness (QED) is 0.158. The van der Waals surface area contributed by atoms with E-state index in [1.165, 1.54) is 0 Å². The van der Waals surface area contributed by atoms with Crippen LogP contribution in [0.5, 0.6) is 0 Å². The van der Waals surface area contributed by atoms with Crippen LogP contribution in [0.1, 0.15) is 41.1 Å². The highest BCUT2D eigenvalue weighted by Gasteiger charge is 2.40. The number of carbonyl (C=O) groups is 1. The molecule has 45 heavy (non-hydrogen) atoms. The Morgan fingerprint density at radius 1 is 0.778 bits per heavy atom. The van der Waals surface area contributed by atoms with Crippen LogP contribution in [-0.2, 0) is 16.8 Å². The van der Waals surface area contributed by atoms with E-state index in [4.69, 9.17) is 11.6 Å². The number of aromatic nitrogens is 2. The summed E-state index contributed by atoms with van der Waals surface area (Å²) in [5, 5.41) is 14.7. The molecule has 224 valence electrons. The van der Waals surface area contributed by atoms with Gasteiger partial charge in [-0.2, -0.15) is 0 Å². The Morgan fingerprint density at radius 2 is 1.31 bits per heavy atom. The van der Waals surface area contributed by atoms with Crippen molar-refractivity contribution >= 4 is 28.6 Å². The second kappa shape index (κ2) is 11.9. The minimum Gasteiger partial charge on any atom is -0.480 e. The lowest BCUT2D eigenvalue weighted by molar-refractivity contribution is -0.139. The fourth-order valence-electron chi connectivity index (χ4n) is 6.44. The average molecular weight is 614 g/mol. The van der Waals surface area contributed by atoms with Crippen molar-refractivity contribution in [3.05, 3.63) is 171 Å². The number of carboxylic acid groups (broad SMARTS) is 1. The van der Waals surface area contributed by atoms with Crippen LogP contribution in [-0.4, -0.2) is 26.3 Å². The molecule has 0 radical (unpaired) electrons. The third-order valence-electron chi connectivity index (χ3n) is 8.70. The van der Waals surface area contributed by atoms with Gasteiger partial charge < -0.3 is 5.11 Å². The Labute approximate surface area is 266 Å². The number of nitrogens with zero attached hydrogens (tertiary/aromatic N) is 2. The molecule has 0 saturated heterocycles. The van der Waals surface area contributed by atoms with Crippen molar-refractivity contribution in [1.29, 1.82) is 0 Å². The first kappa shape index (κ1) is 28.8. The van der Waals surface area contributed by atoms with E-state index in [1.54, 1.807) is 10.6 Å². The summed E-state index contributed by atoms with van der Waals surface area (Å²) in [4.78, 5) is 26.6. The minimum absolute atomic E-state index is 0.114. The van der Waals surface area contributed by atoms with Crippen LogP contribution in [0.15, 0.2) is 138 Å². The lowest BCUT2D eigenvalue weighted by atomic mass is 9.76. The van der Waals surface area contributed by atoms with Gasteiger partial charge in [0.05, 0.1) is 27.3 Å². The Bertz CT molecular complexity index is 1920. The maximum Gasteiger partial charge on any atom is 0.334 e. The van der Waals surface area contributed by atoms with E-state index in [-0.39, 0.29) is 18.2 Å². The second-order valence-electron chi connectivity index (χ2n) is 11.6. The zero-order valence-corrected chi connectivity index (χ0v) is 25.3. The molecule has 0 amide bonds. The normalized spacial score (nSPS) is 14.0. The summed E-state index contributed by atoms with van der Waals surface area (Å²) < 4.78 is 3.51. The van der Waals surface area contributed by atoms with Crippen LogP contribution in [0.2, 0.25) is 5.02 Å². The van der Waals surface area contributed by atoms with Crippen molar-refractivity contribution in [3.63, 3.8) is 0 Å². The van der Waals surface area contributed by atoms with Crippen LogP contribution in [0.25, 0.3) is 16.7 Å². The molecular weight excluding hydrogens is 582 g/mol. The molecule has 6 nitrogen and oxygen atoms in total. The Balaban J connectivity index is 1.27. The SMILES string of the molecule is O=C(O)C(Cc1ccc(-n2c(=O)n(C3CC3)c3cccc(Cl)c32)cc1)NC(c1ccccc1)(c1ccccc1)c1ccccc1. The van der Waals surface area contributed by atoms with Gasteiger partial charge in [0.25, 0.3) is 0 Å². The van der Waals surface area contributed by atoms with E-state index in [2.05, 4.69) is 5.32 Å². The van der Waals surface area contributed by atoms with E-state index < -0.39 is 17.6 Å². The highest BCUT2D eigenvalue weighted by molar-refractivity contribution is 6.35. The lowest BCUT2D eigenvalue weighted by Crippen LogP contribution is -2.53. The Hall–Kier alpha value is -4.91. The number of carboxylic acids is 1. The molecule has 2 N–H and O–H groups in total. The summed E-state index contributed by atoms with van der Waals surface area (Å²) in [6, 6.07) is 42.3. The lowest BCUT2D eigenvalue weighted by Gasteiger charge is -2.39. The molecule has 7 rings (SSSR count). The van der Waals surface area contributed by atoms with Gasteiger partial charge in [-0.15, -0.1) is 0 Å². The van der Waals surface area contributed by atoms with Gasteiger partial charge in [0.1, 0.15) is 6.04 Å². The van der Waals surface area contributed by atoms with Crippen LogP contribution >= 0.6 is 11.6 Å². The van der Waals surface area contributed by atoms with Crippen molar-refractivity contribution in [2.75, 3.05) is 0 Å². The van der Waals surface area contributed by atoms with Gasteiger partial charge in [-0.1, -0.05) is 121 Å². The maximum absolute atomic E-state index is 13.6. The van der Waals surface area contributed by atoms with E-state index >= 15 is 0 Å². The molecule has 1 aliphatic carbocycles. The van der Waals surface area contributed by atoms with Gasteiger partial charge in [0.15, 0.2) is 0 Å². The molecule has 0 spiro atoms. The largest absolute Gasteiger partial charge is 0.480 e. The zero-order valence-electron chi connectivity index (χ0n) is 24.5. The van der Waals surface area contributed by atoms with Crippen molar-refractivity contribution in [2.24, 2.45) is 0 Å². The number of para-hydroxylation sites is 1. The molecular formula is C38H32ClN3O3. The summed E-state index contributed by atoms with van der Waals surface area (Å²) in [6.45, 7) is 0. The first-order valence-corrected chi connectivity index (χ1v) is 15.5. The van der Waals surface area contributed by atoms with E-state index in [0.717, 1.165) is 40.6 Å². The smallest absolute Gasteiger partial charge is 0.334 e. The number of imidazole rings is 1. The van der Waals surface area contributed by atoms with Gasteiger partial charge in [0.2, 0.25) is 0 Å². The van der Waals surface area contributed by atoms with Crippen molar-refractivity contribution in [1.82, 2.24) is 14.5 Å². The average Bonchev–Trinajstić information content (AvgIpc) is 3.87. The van der Waals surface area contributed by atoms with Crippen molar-refractivity contribution < 1.29 is 9.90 Å². The molecule has 7 heteroatoms. The molecule has 1 fully saturated rings. The van der Waals surface area contributed by atoms with Gasteiger partial charge in [-0.25, -0.2) is 4.79 Å². The molecule has 6 aromatic rings. The highest BCUT2D eigenvalue weighted by atomic mass is 35.5. The highest BCUT2D eigenvalue weighted by Crippen LogP contribution is 2.39. The molecule has 0 aliphatic heterocycles. The molecule has 0 bridgehead atoms. The first-order chi connectivity index (χ1) is 22.0. The number of fused-ring (bicyclic) bond motifs is 1. The number of aliphatic carboxylic acids is 1. The number of hydrogen-bond donors (Lipinski definition) is 2.